The van der Waals surface area contributed by atoms with Crippen LogP contribution in [-0.2, 0) is 6.54 Å². The third-order valence-electron chi connectivity index (χ3n) is 2.48. The summed E-state index contributed by atoms with van der Waals surface area (Å²) in [6.45, 7) is 6.37. The highest BCUT2D eigenvalue weighted by Gasteiger charge is 2.10. The largest absolute Gasteiger partial charge is 0.296 e. The number of nitrogens with zero attached hydrogens (tertiary/aromatic N) is 1. The Kier molecular flexibility index (Phi) is 7.85. The number of alkyl halides is 1. The molecule has 0 heterocycles. The summed E-state index contributed by atoms with van der Waals surface area (Å²) in [7, 11) is 0. The van der Waals surface area contributed by atoms with Crippen molar-refractivity contribution in [2.24, 2.45) is 0 Å². The fourth-order valence-corrected chi connectivity index (χ4v) is 1.69. The molecule has 0 radical (unpaired) electrons. The van der Waals surface area contributed by atoms with Gasteiger partial charge < -0.3 is 0 Å². The summed E-state index contributed by atoms with van der Waals surface area (Å²) in [6.07, 6.45) is 0. The Labute approximate surface area is 104 Å². The smallest absolute Gasteiger partial charge is 0.0377 e. The van der Waals surface area contributed by atoms with Crippen LogP contribution in [0.15, 0.2) is 30.3 Å². The molecule has 0 fully saturated rings. The Morgan fingerprint density at radius 1 is 1.27 bits per heavy atom. The minimum absolute atomic E-state index is 0. The molecule has 1 atom stereocenters. The van der Waals surface area contributed by atoms with Crippen molar-refractivity contribution in [2.45, 2.75) is 26.4 Å². The Morgan fingerprint density at radius 2 is 1.87 bits per heavy atom. The first kappa shape index (κ1) is 14.8. The highest BCUT2D eigenvalue weighted by Crippen LogP contribution is 2.08. The molecule has 1 unspecified atom stereocenters. The number of rotatable bonds is 5. The lowest BCUT2D eigenvalue weighted by Gasteiger charge is -2.26. The Hall–Kier alpha value is -0.240. The molecule has 0 aliphatic carbocycles. The van der Waals surface area contributed by atoms with E-state index in [1.807, 2.05) is 6.07 Å². The average molecular weight is 248 g/mol. The molecule has 0 spiro atoms. The van der Waals surface area contributed by atoms with Crippen LogP contribution in [0.25, 0.3) is 0 Å². The van der Waals surface area contributed by atoms with Crippen LogP contribution < -0.4 is 0 Å². The average Bonchev–Trinajstić information content (AvgIpc) is 2.26. The van der Waals surface area contributed by atoms with Crippen LogP contribution >= 0.6 is 24.0 Å². The maximum Gasteiger partial charge on any atom is 0.0377 e. The van der Waals surface area contributed by atoms with E-state index in [-0.39, 0.29) is 12.4 Å². The summed E-state index contributed by atoms with van der Waals surface area (Å²) < 4.78 is 0. The van der Waals surface area contributed by atoms with E-state index < -0.39 is 0 Å². The number of hydrogen-bond acceptors (Lipinski definition) is 1. The normalized spacial score (nSPS) is 12.3. The Morgan fingerprint density at radius 3 is 2.33 bits per heavy atom. The summed E-state index contributed by atoms with van der Waals surface area (Å²) in [5.41, 5.74) is 1.35. The van der Waals surface area contributed by atoms with Gasteiger partial charge in [0, 0.05) is 18.5 Å². The van der Waals surface area contributed by atoms with Gasteiger partial charge in [0.15, 0.2) is 0 Å². The van der Waals surface area contributed by atoms with Gasteiger partial charge in [0.2, 0.25) is 0 Å². The van der Waals surface area contributed by atoms with E-state index >= 15 is 0 Å². The highest BCUT2D eigenvalue weighted by atomic mass is 35.5. The van der Waals surface area contributed by atoms with Crippen molar-refractivity contribution >= 4 is 24.0 Å². The molecule has 1 nitrogen and oxygen atoms in total. The molecule has 1 rings (SSSR count). The van der Waals surface area contributed by atoms with E-state index in [4.69, 9.17) is 11.6 Å². The van der Waals surface area contributed by atoms with Gasteiger partial charge in [0.05, 0.1) is 0 Å². The van der Waals surface area contributed by atoms with Crippen LogP contribution in [-0.4, -0.2) is 23.4 Å². The summed E-state index contributed by atoms with van der Waals surface area (Å²) in [4.78, 5) is 2.38. The second-order valence-electron chi connectivity index (χ2n) is 3.55. The lowest BCUT2D eigenvalue weighted by molar-refractivity contribution is 0.227. The third-order valence-corrected chi connectivity index (χ3v) is 2.93. The SMILES string of the molecule is CCN(Cc1ccccc1)C(C)CCl.Cl. The molecule has 86 valence electrons. The summed E-state index contributed by atoms with van der Waals surface area (Å²) in [6, 6.07) is 11.0. The van der Waals surface area contributed by atoms with Gasteiger partial charge in [0.25, 0.3) is 0 Å². The molecule has 0 aliphatic heterocycles. The van der Waals surface area contributed by atoms with Gasteiger partial charge in [-0.25, -0.2) is 0 Å². The number of halogens is 2. The number of benzene rings is 1. The van der Waals surface area contributed by atoms with E-state index in [0.29, 0.717) is 11.9 Å². The minimum atomic E-state index is 0. The predicted octanol–water partition coefficient (Wildman–Crippen LogP) is 3.56. The van der Waals surface area contributed by atoms with Gasteiger partial charge in [-0.15, -0.1) is 24.0 Å². The van der Waals surface area contributed by atoms with Gasteiger partial charge in [-0.3, -0.25) is 4.90 Å². The predicted molar refractivity (Wildman–Crippen MR) is 70.0 cm³/mol. The van der Waals surface area contributed by atoms with Crippen molar-refractivity contribution in [1.29, 1.82) is 0 Å². The van der Waals surface area contributed by atoms with Gasteiger partial charge >= 0.3 is 0 Å². The van der Waals surface area contributed by atoms with E-state index in [2.05, 4.69) is 43.0 Å². The first-order valence-electron chi connectivity index (χ1n) is 5.11. The Bertz CT molecular complexity index is 251. The molecular formula is C12H19Cl2N. The van der Waals surface area contributed by atoms with E-state index in [0.717, 1.165) is 13.1 Å². The van der Waals surface area contributed by atoms with Crippen LogP contribution in [0.5, 0.6) is 0 Å². The molecule has 0 aliphatic rings. The molecule has 1 aromatic carbocycles. The summed E-state index contributed by atoms with van der Waals surface area (Å²) in [5, 5.41) is 0. The Balaban J connectivity index is 0.00000196. The van der Waals surface area contributed by atoms with Gasteiger partial charge in [0.1, 0.15) is 0 Å². The van der Waals surface area contributed by atoms with E-state index in [1.165, 1.54) is 5.56 Å². The zero-order valence-electron chi connectivity index (χ0n) is 9.32. The molecule has 1 aromatic rings. The van der Waals surface area contributed by atoms with Crippen molar-refractivity contribution in [2.75, 3.05) is 12.4 Å². The molecule has 15 heavy (non-hydrogen) atoms. The van der Waals surface area contributed by atoms with Crippen LogP contribution in [0.1, 0.15) is 19.4 Å². The van der Waals surface area contributed by atoms with Gasteiger partial charge in [-0.1, -0.05) is 37.3 Å². The molecule has 3 heteroatoms. The topological polar surface area (TPSA) is 3.24 Å². The molecule has 0 amide bonds. The van der Waals surface area contributed by atoms with Crippen molar-refractivity contribution in [3.05, 3.63) is 35.9 Å². The van der Waals surface area contributed by atoms with Crippen LogP contribution in [0.4, 0.5) is 0 Å². The molecule has 0 bridgehead atoms. The maximum atomic E-state index is 5.85. The summed E-state index contributed by atoms with van der Waals surface area (Å²) in [5.74, 6) is 0.695. The van der Waals surface area contributed by atoms with Crippen molar-refractivity contribution in [3.8, 4) is 0 Å². The standard InChI is InChI=1S/C12H18ClN.ClH/c1-3-14(11(2)9-13)10-12-7-5-4-6-8-12;/h4-8,11H,3,9-10H2,1-2H3;1H. The maximum absolute atomic E-state index is 5.85. The molecule has 0 aromatic heterocycles. The van der Waals surface area contributed by atoms with E-state index in [1.54, 1.807) is 0 Å². The monoisotopic (exact) mass is 247 g/mol. The zero-order valence-corrected chi connectivity index (χ0v) is 10.9. The van der Waals surface area contributed by atoms with Crippen LogP contribution in [0.2, 0.25) is 0 Å². The van der Waals surface area contributed by atoms with Crippen LogP contribution in [0, 0.1) is 0 Å². The van der Waals surface area contributed by atoms with Crippen molar-refractivity contribution < 1.29 is 0 Å². The highest BCUT2D eigenvalue weighted by molar-refractivity contribution is 6.18. The van der Waals surface area contributed by atoms with Gasteiger partial charge in [-0.2, -0.15) is 0 Å². The second-order valence-corrected chi connectivity index (χ2v) is 3.86. The van der Waals surface area contributed by atoms with E-state index in [9.17, 15) is 0 Å². The van der Waals surface area contributed by atoms with Crippen molar-refractivity contribution in [1.82, 2.24) is 4.90 Å². The zero-order chi connectivity index (χ0) is 10.4. The van der Waals surface area contributed by atoms with Crippen molar-refractivity contribution in [3.63, 3.8) is 0 Å². The number of hydrogen-bond donors (Lipinski definition) is 0. The first-order chi connectivity index (χ1) is 6.77. The molecular weight excluding hydrogens is 229 g/mol. The lowest BCUT2D eigenvalue weighted by atomic mass is 10.2. The van der Waals surface area contributed by atoms with Crippen LogP contribution in [0.3, 0.4) is 0 Å². The fraction of sp³-hybridized carbons (Fsp3) is 0.500. The quantitative estimate of drug-likeness (QED) is 0.720. The molecule has 0 saturated carbocycles. The second kappa shape index (κ2) is 7.98. The van der Waals surface area contributed by atoms with Gasteiger partial charge in [-0.05, 0) is 19.0 Å². The summed E-state index contributed by atoms with van der Waals surface area (Å²) >= 11 is 5.85. The lowest BCUT2D eigenvalue weighted by Crippen LogP contribution is -2.33. The first-order valence-corrected chi connectivity index (χ1v) is 5.65. The fourth-order valence-electron chi connectivity index (χ4n) is 1.49. The minimum Gasteiger partial charge on any atom is -0.296 e. The molecule has 0 N–H and O–H groups in total. The molecule has 0 saturated heterocycles. The third kappa shape index (κ3) is 4.87.